The number of nitrogens with zero attached hydrogens (tertiary/aromatic N) is 3. The van der Waals surface area contributed by atoms with E-state index in [1.165, 1.54) is 0 Å². The second-order valence-corrected chi connectivity index (χ2v) is 7.96. The Morgan fingerprint density at radius 1 is 1.23 bits per heavy atom. The van der Waals surface area contributed by atoms with Gasteiger partial charge in [0.05, 0.1) is 13.2 Å². The number of nitrogens with one attached hydrogen (secondary N) is 1. The number of carbonyl (C=O) groups excluding carboxylic acids is 1. The second kappa shape index (κ2) is 9.94. The molecule has 1 fully saturated rings. The van der Waals surface area contributed by atoms with Crippen LogP contribution in [-0.4, -0.2) is 40.6 Å². The Balaban J connectivity index is 1.28. The van der Waals surface area contributed by atoms with Gasteiger partial charge in [0.1, 0.15) is 5.75 Å². The summed E-state index contributed by atoms with van der Waals surface area (Å²) in [4.78, 5) is 19.4. The number of aromatic nitrogens is 2. The molecule has 4 rings (SSSR count). The van der Waals surface area contributed by atoms with Gasteiger partial charge in [-0.15, -0.1) is 0 Å². The summed E-state index contributed by atoms with van der Waals surface area (Å²) in [5, 5.41) is 7.70. The predicted molar refractivity (Wildman–Crippen MR) is 119 cm³/mol. The van der Waals surface area contributed by atoms with E-state index in [9.17, 15) is 4.79 Å². The molecule has 0 aliphatic carbocycles. The van der Waals surface area contributed by atoms with E-state index in [0.717, 1.165) is 42.9 Å². The average Bonchev–Trinajstić information content (AvgIpc) is 3.23. The van der Waals surface area contributed by atoms with Crippen LogP contribution in [0, 0.1) is 5.92 Å². The molecular weight excluding hydrogens is 416 g/mol. The molecule has 0 bridgehead atoms. The van der Waals surface area contributed by atoms with Gasteiger partial charge in [-0.3, -0.25) is 9.69 Å². The maximum Gasteiger partial charge on any atom is 0.241 e. The summed E-state index contributed by atoms with van der Waals surface area (Å²) in [5.74, 6) is 1.88. The number of hydrogen-bond donors (Lipinski definition) is 1. The SMILES string of the molecule is CCOc1cccc(NC(=O)C2CCN(Cc3nc(-c4cccc(Cl)c4)no3)CC2)c1. The summed E-state index contributed by atoms with van der Waals surface area (Å²) in [6.45, 7) is 4.69. The number of benzene rings is 2. The van der Waals surface area contributed by atoms with Crippen LogP contribution in [0.3, 0.4) is 0 Å². The Morgan fingerprint density at radius 2 is 2.03 bits per heavy atom. The van der Waals surface area contributed by atoms with Crippen LogP contribution in [0.5, 0.6) is 5.75 Å². The minimum atomic E-state index is -0.0169. The molecule has 1 saturated heterocycles. The van der Waals surface area contributed by atoms with E-state index < -0.39 is 0 Å². The smallest absolute Gasteiger partial charge is 0.241 e. The van der Waals surface area contributed by atoms with Crippen LogP contribution >= 0.6 is 11.6 Å². The third-order valence-corrected chi connectivity index (χ3v) is 5.52. The quantitative estimate of drug-likeness (QED) is 0.576. The highest BCUT2D eigenvalue weighted by molar-refractivity contribution is 6.30. The van der Waals surface area contributed by atoms with Crippen molar-refractivity contribution in [1.82, 2.24) is 15.0 Å². The molecule has 0 unspecified atom stereocenters. The van der Waals surface area contributed by atoms with Gasteiger partial charge >= 0.3 is 0 Å². The van der Waals surface area contributed by atoms with Crippen molar-refractivity contribution >= 4 is 23.2 Å². The van der Waals surface area contributed by atoms with Crippen molar-refractivity contribution in [3.05, 3.63) is 59.4 Å². The zero-order chi connectivity index (χ0) is 21.6. The van der Waals surface area contributed by atoms with Crippen molar-refractivity contribution in [1.29, 1.82) is 0 Å². The van der Waals surface area contributed by atoms with Gasteiger partial charge in [-0.25, -0.2) is 0 Å². The van der Waals surface area contributed by atoms with Gasteiger partial charge in [0, 0.05) is 28.3 Å². The van der Waals surface area contributed by atoms with E-state index in [-0.39, 0.29) is 11.8 Å². The van der Waals surface area contributed by atoms with Crippen molar-refractivity contribution in [3.63, 3.8) is 0 Å². The van der Waals surface area contributed by atoms with Crippen molar-refractivity contribution in [2.24, 2.45) is 5.92 Å². The molecule has 1 aliphatic heterocycles. The molecule has 1 N–H and O–H groups in total. The van der Waals surface area contributed by atoms with Crippen LogP contribution in [0.15, 0.2) is 53.1 Å². The monoisotopic (exact) mass is 440 g/mol. The van der Waals surface area contributed by atoms with Crippen LogP contribution in [0.25, 0.3) is 11.4 Å². The molecule has 8 heteroatoms. The van der Waals surface area contributed by atoms with Gasteiger partial charge in [-0.05, 0) is 57.1 Å². The number of likely N-dealkylation sites (tertiary alicyclic amines) is 1. The Hall–Kier alpha value is -2.90. The topological polar surface area (TPSA) is 80.5 Å². The summed E-state index contributed by atoms with van der Waals surface area (Å²) < 4.78 is 10.9. The average molecular weight is 441 g/mol. The van der Waals surface area contributed by atoms with Gasteiger partial charge in [0.2, 0.25) is 17.6 Å². The van der Waals surface area contributed by atoms with Crippen molar-refractivity contribution in [2.75, 3.05) is 25.0 Å². The van der Waals surface area contributed by atoms with Gasteiger partial charge in [0.15, 0.2) is 0 Å². The number of halogens is 1. The third kappa shape index (κ3) is 5.62. The highest BCUT2D eigenvalue weighted by Gasteiger charge is 2.26. The predicted octanol–water partition coefficient (Wildman–Crippen LogP) is 4.64. The molecule has 3 aromatic rings. The Morgan fingerprint density at radius 3 is 2.81 bits per heavy atom. The Kier molecular flexibility index (Phi) is 6.84. The second-order valence-electron chi connectivity index (χ2n) is 7.52. The first-order valence-corrected chi connectivity index (χ1v) is 10.8. The summed E-state index contributed by atoms with van der Waals surface area (Å²) in [6, 6.07) is 14.9. The van der Waals surface area contributed by atoms with Crippen LogP contribution in [0.4, 0.5) is 5.69 Å². The molecule has 162 valence electrons. The molecule has 0 saturated carbocycles. The van der Waals surface area contributed by atoms with E-state index in [1.807, 2.05) is 55.5 Å². The molecule has 0 spiro atoms. The third-order valence-electron chi connectivity index (χ3n) is 5.28. The number of carbonyl (C=O) groups is 1. The molecule has 31 heavy (non-hydrogen) atoms. The van der Waals surface area contributed by atoms with Gasteiger partial charge in [-0.2, -0.15) is 4.98 Å². The molecule has 1 aromatic heterocycles. The minimum Gasteiger partial charge on any atom is -0.494 e. The van der Waals surface area contributed by atoms with Gasteiger partial charge in [-0.1, -0.05) is 35.0 Å². The van der Waals surface area contributed by atoms with E-state index >= 15 is 0 Å². The fourth-order valence-corrected chi connectivity index (χ4v) is 3.87. The number of anilines is 1. The molecule has 2 aromatic carbocycles. The first kappa shape index (κ1) is 21.3. The molecule has 0 atom stereocenters. The van der Waals surface area contributed by atoms with E-state index in [0.29, 0.717) is 29.9 Å². The van der Waals surface area contributed by atoms with Crippen LogP contribution in [-0.2, 0) is 11.3 Å². The lowest BCUT2D eigenvalue weighted by molar-refractivity contribution is -0.121. The summed E-state index contributed by atoms with van der Waals surface area (Å²) in [7, 11) is 0. The highest BCUT2D eigenvalue weighted by Crippen LogP contribution is 2.24. The number of rotatable bonds is 7. The normalized spacial score (nSPS) is 15.0. The molecule has 2 heterocycles. The standard InChI is InChI=1S/C23H25ClN4O3/c1-2-30-20-8-4-7-19(14-20)25-23(29)16-9-11-28(12-10-16)15-21-26-22(27-31-21)17-5-3-6-18(24)13-17/h3-8,13-14,16H,2,9-12,15H2,1H3,(H,25,29). The number of ether oxygens (including phenoxy) is 1. The minimum absolute atomic E-state index is 0.0169. The largest absolute Gasteiger partial charge is 0.494 e. The molecule has 0 radical (unpaired) electrons. The van der Waals surface area contributed by atoms with Crippen molar-refractivity contribution < 1.29 is 14.1 Å². The molecule has 1 amide bonds. The highest BCUT2D eigenvalue weighted by atomic mass is 35.5. The molecule has 1 aliphatic rings. The molecular formula is C23H25ClN4O3. The van der Waals surface area contributed by atoms with Crippen molar-refractivity contribution in [2.45, 2.75) is 26.3 Å². The summed E-state index contributed by atoms with van der Waals surface area (Å²) in [5.41, 5.74) is 1.59. The Labute approximate surface area is 186 Å². The fourth-order valence-electron chi connectivity index (χ4n) is 3.68. The van der Waals surface area contributed by atoms with E-state index in [4.69, 9.17) is 20.9 Å². The maximum absolute atomic E-state index is 12.7. The van der Waals surface area contributed by atoms with Crippen molar-refractivity contribution in [3.8, 4) is 17.1 Å². The number of piperidine rings is 1. The summed E-state index contributed by atoms with van der Waals surface area (Å²) in [6.07, 6.45) is 1.57. The fraction of sp³-hybridized carbons (Fsp3) is 0.348. The molecule has 7 nitrogen and oxygen atoms in total. The van der Waals surface area contributed by atoms with E-state index in [1.54, 1.807) is 0 Å². The number of amides is 1. The number of hydrogen-bond acceptors (Lipinski definition) is 6. The summed E-state index contributed by atoms with van der Waals surface area (Å²) >= 11 is 6.04. The van der Waals surface area contributed by atoms with Gasteiger partial charge in [0.25, 0.3) is 0 Å². The first-order chi connectivity index (χ1) is 15.1. The van der Waals surface area contributed by atoms with Crippen LogP contribution in [0.2, 0.25) is 5.02 Å². The first-order valence-electron chi connectivity index (χ1n) is 10.5. The zero-order valence-electron chi connectivity index (χ0n) is 17.4. The Bertz CT molecular complexity index is 1030. The van der Waals surface area contributed by atoms with Crippen LogP contribution < -0.4 is 10.1 Å². The maximum atomic E-state index is 12.7. The lowest BCUT2D eigenvalue weighted by Crippen LogP contribution is -2.37. The van der Waals surface area contributed by atoms with E-state index in [2.05, 4.69) is 20.4 Å². The zero-order valence-corrected chi connectivity index (χ0v) is 18.1. The van der Waals surface area contributed by atoms with Crippen LogP contribution in [0.1, 0.15) is 25.7 Å². The lowest BCUT2D eigenvalue weighted by Gasteiger charge is -2.30. The van der Waals surface area contributed by atoms with Gasteiger partial charge < -0.3 is 14.6 Å². The lowest BCUT2D eigenvalue weighted by atomic mass is 9.96.